The molecular weight excluding hydrogens is 266 g/mol. The first kappa shape index (κ1) is 14.5. The Morgan fingerprint density at radius 2 is 2.00 bits per heavy atom. The van der Waals surface area contributed by atoms with Gasteiger partial charge in [-0.25, -0.2) is 9.59 Å². The van der Waals surface area contributed by atoms with Crippen molar-refractivity contribution in [3.8, 4) is 0 Å². The molecule has 1 aliphatic heterocycles. The van der Waals surface area contributed by atoms with Gasteiger partial charge in [0.25, 0.3) is 5.56 Å². The number of carboxylic acid groups (broad SMARTS) is 1. The van der Waals surface area contributed by atoms with Gasteiger partial charge in [0.1, 0.15) is 5.69 Å². The first-order valence-electron chi connectivity index (χ1n) is 6.44. The molecule has 0 atom stereocenters. The molecule has 2 rings (SSSR count). The first-order chi connectivity index (χ1) is 9.54. The summed E-state index contributed by atoms with van der Waals surface area (Å²) in [6.45, 7) is 4.41. The van der Waals surface area contributed by atoms with E-state index in [1.807, 2.05) is 4.90 Å². The van der Waals surface area contributed by atoms with Crippen LogP contribution < -0.4 is 11.2 Å². The van der Waals surface area contributed by atoms with E-state index in [9.17, 15) is 14.4 Å². The van der Waals surface area contributed by atoms with Gasteiger partial charge in [-0.15, -0.1) is 0 Å². The Balaban J connectivity index is 2.45. The Kier molecular flexibility index (Phi) is 4.35. The van der Waals surface area contributed by atoms with Crippen LogP contribution in [0.4, 0.5) is 0 Å². The van der Waals surface area contributed by atoms with Crippen LogP contribution in [0.3, 0.4) is 0 Å². The van der Waals surface area contributed by atoms with Gasteiger partial charge in [0.05, 0.1) is 18.8 Å². The minimum Gasteiger partial charge on any atom is -0.477 e. The number of rotatable bonds is 4. The molecular formula is C12H17N3O5. The van der Waals surface area contributed by atoms with Crippen molar-refractivity contribution in [1.29, 1.82) is 0 Å². The van der Waals surface area contributed by atoms with Crippen LogP contribution in [0.15, 0.2) is 9.59 Å². The Labute approximate surface area is 114 Å². The molecule has 2 N–H and O–H groups in total. The van der Waals surface area contributed by atoms with Gasteiger partial charge >= 0.3 is 11.7 Å². The van der Waals surface area contributed by atoms with Crippen LogP contribution >= 0.6 is 0 Å². The highest BCUT2D eigenvalue weighted by atomic mass is 16.5. The van der Waals surface area contributed by atoms with Crippen molar-refractivity contribution in [2.45, 2.75) is 20.0 Å². The number of carboxylic acids is 1. The number of aromatic carboxylic acids is 1. The topological polar surface area (TPSA) is 105 Å². The Bertz CT molecular complexity index is 612. The van der Waals surface area contributed by atoms with Crippen LogP contribution in [0.1, 0.15) is 23.0 Å². The quantitative estimate of drug-likeness (QED) is 0.741. The molecule has 1 aromatic rings. The van der Waals surface area contributed by atoms with Gasteiger partial charge in [-0.3, -0.25) is 14.3 Å². The zero-order valence-corrected chi connectivity index (χ0v) is 11.2. The van der Waals surface area contributed by atoms with Crippen molar-refractivity contribution < 1.29 is 14.6 Å². The molecule has 1 saturated heterocycles. The molecule has 20 heavy (non-hydrogen) atoms. The maximum Gasteiger partial charge on any atom is 0.352 e. The lowest BCUT2D eigenvalue weighted by Crippen LogP contribution is -2.43. The van der Waals surface area contributed by atoms with Crippen LogP contribution in [-0.4, -0.2) is 51.8 Å². The minimum atomic E-state index is -1.30. The van der Waals surface area contributed by atoms with E-state index < -0.39 is 17.2 Å². The second-order valence-corrected chi connectivity index (χ2v) is 4.53. The van der Waals surface area contributed by atoms with Gasteiger partial charge in [-0.2, -0.15) is 0 Å². The number of nitrogens with zero attached hydrogens (tertiary/aromatic N) is 2. The van der Waals surface area contributed by atoms with E-state index in [1.165, 1.54) is 0 Å². The van der Waals surface area contributed by atoms with Crippen molar-refractivity contribution in [2.75, 3.05) is 26.3 Å². The molecule has 1 aromatic heterocycles. The minimum absolute atomic E-state index is 0.112. The van der Waals surface area contributed by atoms with Crippen LogP contribution in [0.5, 0.6) is 0 Å². The van der Waals surface area contributed by atoms with Crippen molar-refractivity contribution in [2.24, 2.45) is 0 Å². The van der Waals surface area contributed by atoms with Gasteiger partial charge in [0, 0.05) is 26.2 Å². The Morgan fingerprint density at radius 1 is 1.35 bits per heavy atom. The number of carbonyl (C=O) groups is 1. The monoisotopic (exact) mass is 283 g/mol. The van der Waals surface area contributed by atoms with Crippen LogP contribution in [0.25, 0.3) is 0 Å². The smallest absolute Gasteiger partial charge is 0.352 e. The molecule has 0 aromatic carbocycles. The van der Waals surface area contributed by atoms with E-state index in [-0.39, 0.29) is 24.3 Å². The summed E-state index contributed by atoms with van der Waals surface area (Å²) in [6.07, 6.45) is 0. The lowest BCUT2D eigenvalue weighted by Gasteiger charge is -2.26. The molecule has 0 spiro atoms. The number of morpholine rings is 1. The number of aromatic nitrogens is 2. The molecule has 1 fully saturated rings. The van der Waals surface area contributed by atoms with E-state index >= 15 is 0 Å². The van der Waals surface area contributed by atoms with Gasteiger partial charge in [-0.05, 0) is 6.92 Å². The highest BCUT2D eigenvalue weighted by Gasteiger charge is 2.21. The fraction of sp³-hybridized carbons (Fsp3) is 0.583. The molecule has 0 aliphatic carbocycles. The fourth-order valence-corrected chi connectivity index (χ4v) is 2.21. The van der Waals surface area contributed by atoms with Crippen molar-refractivity contribution >= 4 is 5.97 Å². The maximum atomic E-state index is 12.2. The average Bonchev–Trinajstić information content (AvgIpc) is 2.43. The summed E-state index contributed by atoms with van der Waals surface area (Å²) in [6, 6.07) is 0. The fourth-order valence-electron chi connectivity index (χ4n) is 2.21. The summed E-state index contributed by atoms with van der Waals surface area (Å²) in [4.78, 5) is 39.3. The zero-order valence-electron chi connectivity index (χ0n) is 11.2. The lowest BCUT2D eigenvalue weighted by atomic mass is 10.2. The lowest BCUT2D eigenvalue weighted by molar-refractivity contribution is 0.0335. The zero-order chi connectivity index (χ0) is 14.7. The second-order valence-electron chi connectivity index (χ2n) is 4.53. The third-order valence-corrected chi connectivity index (χ3v) is 3.30. The summed E-state index contributed by atoms with van der Waals surface area (Å²) in [7, 11) is 0. The van der Waals surface area contributed by atoms with Crippen LogP contribution in [0.2, 0.25) is 0 Å². The van der Waals surface area contributed by atoms with Gasteiger partial charge in [0.15, 0.2) is 0 Å². The molecule has 0 amide bonds. The highest BCUT2D eigenvalue weighted by molar-refractivity contribution is 5.86. The standard InChI is InChI=1S/C12H17N3O5/c1-2-15-10(16)8(7-14-3-5-20-6-4-14)9(11(17)18)13-12(15)19/h2-7H2,1H3,(H,13,19)(H,17,18). The Hall–Kier alpha value is -1.93. The summed E-state index contributed by atoms with van der Waals surface area (Å²) in [5.41, 5.74) is -1.45. The number of ether oxygens (including phenoxy) is 1. The van der Waals surface area contributed by atoms with E-state index in [0.717, 1.165) is 4.57 Å². The Morgan fingerprint density at radius 3 is 2.55 bits per heavy atom. The molecule has 2 heterocycles. The number of nitrogens with one attached hydrogen (secondary N) is 1. The summed E-state index contributed by atoms with van der Waals surface area (Å²) in [5.74, 6) is -1.30. The maximum absolute atomic E-state index is 12.2. The summed E-state index contributed by atoms with van der Waals surface area (Å²) in [5, 5.41) is 9.15. The van der Waals surface area contributed by atoms with E-state index in [2.05, 4.69) is 4.98 Å². The normalized spacial score (nSPS) is 16.2. The first-order valence-corrected chi connectivity index (χ1v) is 6.44. The van der Waals surface area contributed by atoms with Crippen molar-refractivity contribution in [1.82, 2.24) is 14.5 Å². The number of hydrogen-bond donors (Lipinski definition) is 2. The molecule has 1 aliphatic rings. The summed E-state index contributed by atoms with van der Waals surface area (Å²) >= 11 is 0. The van der Waals surface area contributed by atoms with Gasteiger partial charge in [-0.1, -0.05) is 0 Å². The molecule has 8 heteroatoms. The average molecular weight is 283 g/mol. The number of H-pyrrole nitrogens is 1. The van der Waals surface area contributed by atoms with E-state index in [4.69, 9.17) is 9.84 Å². The van der Waals surface area contributed by atoms with Crippen molar-refractivity contribution in [3.63, 3.8) is 0 Å². The SMILES string of the molecule is CCn1c(=O)[nH]c(C(=O)O)c(CN2CCOCC2)c1=O. The molecule has 0 unspecified atom stereocenters. The second kappa shape index (κ2) is 6.02. The predicted molar refractivity (Wildman–Crippen MR) is 70.1 cm³/mol. The van der Waals surface area contributed by atoms with E-state index in [0.29, 0.717) is 26.3 Å². The molecule has 0 saturated carbocycles. The molecule has 8 nitrogen and oxygen atoms in total. The summed E-state index contributed by atoms with van der Waals surface area (Å²) < 4.78 is 6.21. The van der Waals surface area contributed by atoms with Gasteiger partial charge in [0.2, 0.25) is 0 Å². The highest BCUT2D eigenvalue weighted by Crippen LogP contribution is 2.06. The van der Waals surface area contributed by atoms with E-state index in [1.54, 1.807) is 6.92 Å². The third kappa shape index (κ3) is 2.81. The van der Waals surface area contributed by atoms with Gasteiger partial charge < -0.3 is 14.8 Å². The predicted octanol–water partition coefficient (Wildman–Crippen LogP) is -0.913. The number of hydrogen-bond acceptors (Lipinski definition) is 5. The molecule has 0 bridgehead atoms. The van der Waals surface area contributed by atoms with Crippen LogP contribution in [0, 0.1) is 0 Å². The molecule has 110 valence electrons. The molecule has 0 radical (unpaired) electrons. The third-order valence-electron chi connectivity index (χ3n) is 3.30. The van der Waals surface area contributed by atoms with Crippen molar-refractivity contribution in [3.05, 3.63) is 32.1 Å². The largest absolute Gasteiger partial charge is 0.477 e. The van der Waals surface area contributed by atoms with Crippen LogP contribution in [-0.2, 0) is 17.8 Å². The number of aromatic amines is 1.